The maximum Gasteiger partial charge on any atom is 0.272 e. The fourth-order valence-electron chi connectivity index (χ4n) is 1.43. The summed E-state index contributed by atoms with van der Waals surface area (Å²) in [7, 11) is -2.38. The van der Waals surface area contributed by atoms with Crippen molar-refractivity contribution in [2.75, 3.05) is 20.2 Å². The summed E-state index contributed by atoms with van der Waals surface area (Å²) in [6.07, 6.45) is 0. The lowest BCUT2D eigenvalue weighted by molar-refractivity contribution is -0.385. The van der Waals surface area contributed by atoms with E-state index >= 15 is 0 Å². The smallest absolute Gasteiger partial charge is 0.272 e. The Morgan fingerprint density at radius 1 is 1.44 bits per heavy atom. The first-order valence-corrected chi connectivity index (χ1v) is 6.57. The van der Waals surface area contributed by atoms with E-state index in [0.29, 0.717) is 0 Å². The van der Waals surface area contributed by atoms with Gasteiger partial charge in [0.15, 0.2) is 0 Å². The topological polar surface area (TPSA) is 101 Å². The van der Waals surface area contributed by atoms with Crippen LogP contribution in [0.15, 0.2) is 23.1 Å². The second-order valence-corrected chi connectivity index (χ2v) is 5.80. The van der Waals surface area contributed by atoms with E-state index in [1.54, 1.807) is 0 Å². The van der Waals surface area contributed by atoms with Crippen LogP contribution in [-0.4, -0.2) is 43.0 Å². The van der Waals surface area contributed by atoms with Crippen molar-refractivity contribution in [1.82, 2.24) is 4.31 Å². The number of sulfonamides is 1. The molecule has 0 bridgehead atoms. The number of likely N-dealkylation sites (N-methyl/N-ethyl adjacent to an activating group) is 1. The Bertz CT molecular complexity index is 555. The van der Waals surface area contributed by atoms with Crippen molar-refractivity contribution in [3.8, 4) is 0 Å². The first kappa shape index (κ1) is 14.6. The second-order valence-electron chi connectivity index (χ2n) is 3.76. The number of aliphatic hydroxyl groups is 1. The summed E-state index contributed by atoms with van der Waals surface area (Å²) in [5.74, 6) is 0. The van der Waals surface area contributed by atoms with Gasteiger partial charge in [-0.15, -0.1) is 0 Å². The predicted molar refractivity (Wildman–Crippen MR) is 64.7 cm³/mol. The number of aryl methyl sites for hydroxylation is 1. The first-order valence-electron chi connectivity index (χ1n) is 5.13. The fraction of sp³-hybridized carbons (Fsp3) is 0.400. The van der Waals surface area contributed by atoms with Crippen molar-refractivity contribution in [2.45, 2.75) is 11.8 Å². The molecule has 0 unspecified atom stereocenters. The number of aliphatic hydroxyl groups excluding tert-OH is 1. The predicted octanol–water partition coefficient (Wildman–Crippen LogP) is 0.516. The zero-order chi connectivity index (χ0) is 13.9. The van der Waals surface area contributed by atoms with Crippen LogP contribution in [0.25, 0.3) is 0 Å². The minimum absolute atomic E-state index is 0.0263. The van der Waals surface area contributed by atoms with Crippen LogP contribution in [0.5, 0.6) is 0 Å². The summed E-state index contributed by atoms with van der Waals surface area (Å²) in [4.78, 5) is 10.0. The van der Waals surface area contributed by atoms with E-state index in [0.717, 1.165) is 10.4 Å². The van der Waals surface area contributed by atoms with Crippen LogP contribution in [-0.2, 0) is 10.0 Å². The van der Waals surface area contributed by atoms with E-state index in [-0.39, 0.29) is 29.3 Å². The van der Waals surface area contributed by atoms with Gasteiger partial charge in [0.05, 0.1) is 16.4 Å². The Morgan fingerprint density at radius 3 is 2.50 bits per heavy atom. The van der Waals surface area contributed by atoms with E-state index in [2.05, 4.69) is 0 Å². The Kier molecular flexibility index (Phi) is 4.38. The molecule has 8 heteroatoms. The molecule has 100 valence electrons. The number of nitro groups is 1. The molecule has 0 spiro atoms. The summed E-state index contributed by atoms with van der Waals surface area (Å²) in [5, 5.41) is 19.4. The molecule has 0 radical (unpaired) electrons. The number of nitrogens with zero attached hydrogens (tertiary/aromatic N) is 2. The summed E-state index contributed by atoms with van der Waals surface area (Å²) < 4.78 is 25.0. The molecular weight excluding hydrogens is 260 g/mol. The molecule has 0 aliphatic carbocycles. The highest BCUT2D eigenvalue weighted by Gasteiger charge is 2.22. The Labute approximate surface area is 105 Å². The van der Waals surface area contributed by atoms with Crippen molar-refractivity contribution in [1.29, 1.82) is 0 Å². The lowest BCUT2D eigenvalue weighted by Crippen LogP contribution is -2.29. The molecule has 1 aromatic rings. The van der Waals surface area contributed by atoms with Gasteiger partial charge in [-0.05, 0) is 19.1 Å². The molecule has 0 aromatic heterocycles. The summed E-state index contributed by atoms with van der Waals surface area (Å²) in [6.45, 7) is 1.16. The molecule has 0 aliphatic rings. The van der Waals surface area contributed by atoms with Crippen LogP contribution in [0.1, 0.15) is 5.56 Å². The number of hydrogen-bond acceptors (Lipinski definition) is 5. The van der Waals surface area contributed by atoms with Crippen LogP contribution >= 0.6 is 0 Å². The van der Waals surface area contributed by atoms with E-state index < -0.39 is 14.9 Å². The summed E-state index contributed by atoms with van der Waals surface area (Å²) in [5.41, 5.74) is 0.150. The monoisotopic (exact) mass is 274 g/mol. The average molecular weight is 274 g/mol. The molecule has 0 saturated heterocycles. The van der Waals surface area contributed by atoms with Crippen LogP contribution in [0.3, 0.4) is 0 Å². The Morgan fingerprint density at radius 2 is 2.06 bits per heavy atom. The Hall–Kier alpha value is -1.51. The molecule has 1 rings (SSSR count). The third-order valence-corrected chi connectivity index (χ3v) is 4.34. The van der Waals surface area contributed by atoms with Crippen molar-refractivity contribution >= 4 is 15.7 Å². The zero-order valence-electron chi connectivity index (χ0n) is 10.0. The van der Waals surface area contributed by atoms with Gasteiger partial charge in [-0.2, -0.15) is 4.31 Å². The van der Waals surface area contributed by atoms with Gasteiger partial charge in [0, 0.05) is 25.2 Å². The van der Waals surface area contributed by atoms with Crippen molar-refractivity contribution in [2.24, 2.45) is 0 Å². The van der Waals surface area contributed by atoms with Gasteiger partial charge >= 0.3 is 0 Å². The SMILES string of the molecule is Cc1cc(S(=O)(=O)N(C)CCO)ccc1[N+](=O)[O-]. The fourth-order valence-corrected chi connectivity index (χ4v) is 2.68. The molecule has 18 heavy (non-hydrogen) atoms. The molecule has 0 fully saturated rings. The summed E-state index contributed by atoms with van der Waals surface area (Å²) in [6, 6.07) is 3.60. The van der Waals surface area contributed by atoms with Gasteiger partial charge in [-0.1, -0.05) is 0 Å². The highest BCUT2D eigenvalue weighted by atomic mass is 32.2. The average Bonchev–Trinajstić information content (AvgIpc) is 2.28. The van der Waals surface area contributed by atoms with Gasteiger partial charge in [0.25, 0.3) is 5.69 Å². The lowest BCUT2D eigenvalue weighted by atomic mass is 10.2. The molecular formula is C10H14N2O5S. The summed E-state index contributed by atoms with van der Waals surface area (Å²) >= 11 is 0. The van der Waals surface area contributed by atoms with E-state index in [9.17, 15) is 18.5 Å². The highest BCUT2D eigenvalue weighted by molar-refractivity contribution is 7.89. The van der Waals surface area contributed by atoms with Crippen molar-refractivity contribution in [3.05, 3.63) is 33.9 Å². The van der Waals surface area contributed by atoms with Crippen molar-refractivity contribution in [3.63, 3.8) is 0 Å². The zero-order valence-corrected chi connectivity index (χ0v) is 10.8. The third-order valence-electron chi connectivity index (χ3n) is 2.49. The number of benzene rings is 1. The molecule has 0 amide bonds. The maximum absolute atomic E-state index is 12.0. The second kappa shape index (κ2) is 5.42. The molecule has 0 atom stereocenters. The molecule has 1 aromatic carbocycles. The van der Waals surface area contributed by atoms with Gasteiger partial charge in [-0.25, -0.2) is 8.42 Å². The Balaban J connectivity index is 3.19. The lowest BCUT2D eigenvalue weighted by Gasteiger charge is -2.16. The van der Waals surface area contributed by atoms with Crippen LogP contribution < -0.4 is 0 Å². The maximum atomic E-state index is 12.0. The standard InChI is InChI=1S/C10H14N2O5S/c1-8-7-9(3-4-10(8)12(14)15)18(16,17)11(2)5-6-13/h3-4,7,13H,5-6H2,1-2H3. The first-order chi connectivity index (χ1) is 8.30. The number of rotatable bonds is 5. The number of nitro benzene ring substituents is 1. The van der Waals surface area contributed by atoms with E-state index in [1.165, 1.54) is 26.1 Å². The minimum Gasteiger partial charge on any atom is -0.395 e. The van der Waals surface area contributed by atoms with Crippen LogP contribution in [0.2, 0.25) is 0 Å². The molecule has 0 saturated carbocycles. The number of hydrogen-bond donors (Lipinski definition) is 1. The molecule has 0 aliphatic heterocycles. The van der Waals surface area contributed by atoms with Gasteiger partial charge < -0.3 is 5.11 Å². The minimum atomic E-state index is -3.72. The van der Waals surface area contributed by atoms with Crippen molar-refractivity contribution < 1.29 is 18.4 Å². The largest absolute Gasteiger partial charge is 0.395 e. The van der Waals surface area contributed by atoms with Gasteiger partial charge in [0.2, 0.25) is 10.0 Å². The van der Waals surface area contributed by atoms with Crippen LogP contribution in [0, 0.1) is 17.0 Å². The van der Waals surface area contributed by atoms with E-state index in [4.69, 9.17) is 5.11 Å². The molecule has 1 N–H and O–H groups in total. The quantitative estimate of drug-likeness (QED) is 0.623. The third kappa shape index (κ3) is 2.84. The normalized spacial score (nSPS) is 11.8. The highest BCUT2D eigenvalue weighted by Crippen LogP contribution is 2.23. The van der Waals surface area contributed by atoms with E-state index in [1.807, 2.05) is 0 Å². The van der Waals surface area contributed by atoms with Crippen LogP contribution in [0.4, 0.5) is 5.69 Å². The van der Waals surface area contributed by atoms with Gasteiger partial charge in [-0.3, -0.25) is 10.1 Å². The molecule has 7 nitrogen and oxygen atoms in total. The van der Waals surface area contributed by atoms with Gasteiger partial charge in [0.1, 0.15) is 0 Å². The molecule has 0 heterocycles.